The fraction of sp³-hybridized carbons (Fsp3) is 0.800. The predicted octanol–water partition coefficient (Wildman–Crippen LogP) is 4.63. The lowest BCUT2D eigenvalue weighted by Gasteiger charge is -2.37. The fourth-order valence-electron chi connectivity index (χ4n) is 4.44. The number of carbonyl (C=O) groups is 4. The van der Waals surface area contributed by atoms with E-state index in [4.69, 9.17) is 14.2 Å². The molecule has 1 aromatic rings. The summed E-state index contributed by atoms with van der Waals surface area (Å²) in [5.41, 5.74) is -1.47. The molecule has 43 heavy (non-hydrogen) atoms. The number of hydrogen-bond acceptors (Lipinski definition) is 9. The van der Waals surface area contributed by atoms with Gasteiger partial charge in [-0.3, -0.25) is 9.59 Å². The van der Waals surface area contributed by atoms with E-state index >= 15 is 0 Å². The molecule has 2 heterocycles. The summed E-state index contributed by atoms with van der Waals surface area (Å²) in [5, 5.41) is 11.5. The third-order valence-corrected chi connectivity index (χ3v) is 6.17. The third-order valence-electron chi connectivity index (χ3n) is 6.17. The number of piperazine rings is 1. The maximum atomic E-state index is 13.9. The van der Waals surface area contributed by atoms with Gasteiger partial charge in [0.15, 0.2) is 0 Å². The first kappa shape index (κ1) is 35.8. The Morgan fingerprint density at radius 1 is 0.837 bits per heavy atom. The summed E-state index contributed by atoms with van der Waals surface area (Å²) in [4.78, 5) is 54.8. The van der Waals surface area contributed by atoms with Crippen LogP contribution in [0.3, 0.4) is 0 Å². The molecule has 0 aromatic carbocycles. The van der Waals surface area contributed by atoms with Crippen LogP contribution >= 0.6 is 0 Å². The van der Waals surface area contributed by atoms with Gasteiger partial charge in [0.1, 0.15) is 28.5 Å². The van der Waals surface area contributed by atoms with Crippen molar-refractivity contribution in [1.82, 2.24) is 30.1 Å². The zero-order valence-electron chi connectivity index (χ0n) is 27.9. The van der Waals surface area contributed by atoms with Crippen LogP contribution in [-0.2, 0) is 23.8 Å². The van der Waals surface area contributed by atoms with Gasteiger partial charge in [-0.15, -0.1) is 5.10 Å². The Kier molecular flexibility index (Phi) is 12.0. The maximum Gasteiger partial charge on any atom is 0.410 e. The van der Waals surface area contributed by atoms with Crippen LogP contribution in [0.5, 0.6) is 0 Å². The highest BCUT2D eigenvalue weighted by molar-refractivity contribution is 5.81. The highest BCUT2D eigenvalue weighted by atomic mass is 16.6. The second-order valence-electron chi connectivity index (χ2n) is 14.4. The summed E-state index contributed by atoms with van der Waals surface area (Å²) < 4.78 is 17.8. The van der Waals surface area contributed by atoms with Crippen molar-refractivity contribution in [3.63, 3.8) is 0 Å². The number of nitrogens with one attached hydrogen (secondary N) is 1. The molecule has 1 saturated heterocycles. The number of esters is 1. The van der Waals surface area contributed by atoms with E-state index in [9.17, 15) is 19.2 Å². The number of carbonyl (C=O) groups excluding carboxylic acids is 4. The minimum atomic E-state index is -0.844. The molecule has 0 radical (unpaired) electrons. The van der Waals surface area contributed by atoms with Crippen molar-refractivity contribution in [1.29, 1.82) is 0 Å². The summed E-state index contributed by atoms with van der Waals surface area (Å²) in [6.45, 7) is 21.4. The topological polar surface area (TPSA) is 145 Å². The van der Waals surface area contributed by atoms with E-state index in [1.165, 1.54) is 4.68 Å². The van der Waals surface area contributed by atoms with Crippen LogP contribution in [0.1, 0.15) is 113 Å². The maximum absolute atomic E-state index is 13.9. The van der Waals surface area contributed by atoms with Gasteiger partial charge in [-0.1, -0.05) is 19.1 Å². The molecule has 1 aromatic heterocycles. The summed E-state index contributed by atoms with van der Waals surface area (Å²) in [7, 11) is 0. The van der Waals surface area contributed by atoms with E-state index in [1.807, 2.05) is 13.8 Å². The van der Waals surface area contributed by atoms with Gasteiger partial charge in [-0.2, -0.15) is 0 Å². The largest absolute Gasteiger partial charge is 0.460 e. The second-order valence-corrected chi connectivity index (χ2v) is 14.4. The zero-order chi connectivity index (χ0) is 32.8. The van der Waals surface area contributed by atoms with E-state index in [-0.39, 0.29) is 24.7 Å². The molecule has 0 bridgehead atoms. The Labute approximate surface area is 255 Å². The predicted molar refractivity (Wildman–Crippen MR) is 160 cm³/mol. The van der Waals surface area contributed by atoms with E-state index in [0.29, 0.717) is 38.3 Å². The first-order chi connectivity index (χ1) is 19.6. The average Bonchev–Trinajstić information content (AvgIpc) is 3.30. The molecule has 13 nitrogen and oxygen atoms in total. The first-order valence-corrected chi connectivity index (χ1v) is 15.0. The SMILES string of the molecule is CC(C)CC(NC(=O)OC(C)(C)C)c1cn([C@@H](CCC(=O)OC(C)(C)C)C(=O)N2CCN(C(=O)OC(C)(C)C)CC2)nn1. The van der Waals surface area contributed by atoms with Gasteiger partial charge < -0.3 is 29.3 Å². The Bertz CT molecular complexity index is 1110. The molecule has 0 aliphatic carbocycles. The Balaban J connectivity index is 2.26. The fourth-order valence-corrected chi connectivity index (χ4v) is 4.44. The van der Waals surface area contributed by atoms with Gasteiger partial charge in [0.25, 0.3) is 0 Å². The molecule has 2 atom stereocenters. The number of alkyl carbamates (subject to hydrolysis) is 1. The van der Waals surface area contributed by atoms with Gasteiger partial charge in [0, 0.05) is 32.6 Å². The van der Waals surface area contributed by atoms with Crippen molar-refractivity contribution >= 4 is 24.1 Å². The lowest BCUT2D eigenvalue weighted by atomic mass is 10.0. The molecule has 244 valence electrons. The number of aromatic nitrogens is 3. The van der Waals surface area contributed by atoms with E-state index in [2.05, 4.69) is 15.6 Å². The Hall–Kier alpha value is -3.38. The van der Waals surface area contributed by atoms with Crippen molar-refractivity contribution in [3.05, 3.63) is 11.9 Å². The highest BCUT2D eigenvalue weighted by Gasteiger charge is 2.34. The van der Waals surface area contributed by atoms with Gasteiger partial charge in [0.05, 0.1) is 12.2 Å². The van der Waals surface area contributed by atoms with Gasteiger partial charge in [0.2, 0.25) is 5.91 Å². The number of amides is 3. The van der Waals surface area contributed by atoms with Crippen molar-refractivity contribution in [2.45, 2.75) is 124 Å². The number of ether oxygens (including phenoxy) is 3. The van der Waals surface area contributed by atoms with Crippen molar-refractivity contribution in [2.24, 2.45) is 5.92 Å². The second kappa shape index (κ2) is 14.4. The molecular formula is C30H52N6O7. The highest BCUT2D eigenvalue weighted by Crippen LogP contribution is 2.25. The van der Waals surface area contributed by atoms with Crippen molar-refractivity contribution in [2.75, 3.05) is 26.2 Å². The number of nitrogens with zero attached hydrogens (tertiary/aromatic N) is 5. The number of hydrogen-bond donors (Lipinski definition) is 1. The molecule has 3 amide bonds. The minimum absolute atomic E-state index is 0.00761. The molecule has 1 aliphatic heterocycles. The van der Waals surface area contributed by atoms with Gasteiger partial charge in [-0.05, 0) is 81.1 Å². The molecule has 2 rings (SSSR count). The van der Waals surface area contributed by atoms with E-state index in [1.54, 1.807) is 78.3 Å². The van der Waals surface area contributed by atoms with Gasteiger partial charge in [-0.25, -0.2) is 14.3 Å². The van der Waals surface area contributed by atoms with Crippen LogP contribution in [0.4, 0.5) is 9.59 Å². The van der Waals surface area contributed by atoms with Crippen molar-refractivity contribution < 1.29 is 33.4 Å². The van der Waals surface area contributed by atoms with Crippen LogP contribution in [-0.4, -0.2) is 91.8 Å². The monoisotopic (exact) mass is 608 g/mol. The standard InChI is InChI=1S/C30H52N6O7/c1-20(2)18-21(31-26(39)42-29(6,7)8)22-19-36(33-32-22)23(12-13-24(37)41-28(3,4)5)25(38)34-14-16-35(17-15-34)27(40)43-30(9,10)11/h19-21,23H,12-18H2,1-11H3,(H,31,39)/t21?,23-/m0/s1. The zero-order valence-corrected chi connectivity index (χ0v) is 27.9. The van der Waals surface area contributed by atoms with Crippen LogP contribution in [0.2, 0.25) is 0 Å². The normalized spacial score (nSPS) is 16.0. The lowest BCUT2D eigenvalue weighted by Crippen LogP contribution is -2.53. The minimum Gasteiger partial charge on any atom is -0.460 e. The van der Waals surface area contributed by atoms with Gasteiger partial charge >= 0.3 is 18.2 Å². The van der Waals surface area contributed by atoms with Crippen LogP contribution in [0.15, 0.2) is 6.20 Å². The van der Waals surface area contributed by atoms with Crippen LogP contribution < -0.4 is 5.32 Å². The smallest absolute Gasteiger partial charge is 0.410 e. The van der Waals surface area contributed by atoms with Crippen molar-refractivity contribution in [3.8, 4) is 0 Å². The van der Waals surface area contributed by atoms with E-state index < -0.39 is 47.0 Å². The summed E-state index contributed by atoms with van der Waals surface area (Å²) in [6.07, 6.45) is 1.34. The molecule has 1 aliphatic rings. The molecular weight excluding hydrogens is 556 g/mol. The quantitative estimate of drug-likeness (QED) is 0.313. The van der Waals surface area contributed by atoms with Crippen LogP contribution in [0, 0.1) is 5.92 Å². The summed E-state index contributed by atoms with van der Waals surface area (Å²) >= 11 is 0. The average molecular weight is 609 g/mol. The Morgan fingerprint density at radius 3 is 1.88 bits per heavy atom. The third kappa shape index (κ3) is 12.8. The summed E-state index contributed by atoms with van der Waals surface area (Å²) in [6, 6.07) is -1.34. The lowest BCUT2D eigenvalue weighted by molar-refractivity contribution is -0.155. The molecule has 1 unspecified atom stereocenters. The molecule has 0 spiro atoms. The first-order valence-electron chi connectivity index (χ1n) is 15.0. The molecule has 13 heteroatoms. The molecule has 1 N–H and O–H groups in total. The Morgan fingerprint density at radius 2 is 1.37 bits per heavy atom. The van der Waals surface area contributed by atoms with E-state index in [0.717, 1.165) is 0 Å². The number of rotatable bonds is 9. The molecule has 1 fully saturated rings. The molecule has 0 saturated carbocycles. The summed E-state index contributed by atoms with van der Waals surface area (Å²) in [5.74, 6) is -0.454. The van der Waals surface area contributed by atoms with Crippen LogP contribution in [0.25, 0.3) is 0 Å².